The summed E-state index contributed by atoms with van der Waals surface area (Å²) in [6.07, 6.45) is 2.26. The van der Waals surface area contributed by atoms with Gasteiger partial charge >= 0.3 is 0 Å². The van der Waals surface area contributed by atoms with E-state index in [0.29, 0.717) is 13.2 Å². The van der Waals surface area contributed by atoms with Gasteiger partial charge in [-0.1, -0.05) is 35.9 Å². The maximum atomic E-state index is 12.7. The summed E-state index contributed by atoms with van der Waals surface area (Å²) in [4.78, 5) is 29.2. The maximum absolute atomic E-state index is 12.7. The van der Waals surface area contributed by atoms with Gasteiger partial charge in [0, 0.05) is 43.5 Å². The third kappa shape index (κ3) is 5.77. The molecule has 1 saturated heterocycles. The smallest absolute Gasteiger partial charge is 0.227 e. The molecule has 2 heterocycles. The van der Waals surface area contributed by atoms with Crippen molar-refractivity contribution in [2.45, 2.75) is 38.3 Å². The summed E-state index contributed by atoms with van der Waals surface area (Å²) in [7, 11) is 0. The number of ether oxygens (including phenoxy) is 1. The van der Waals surface area contributed by atoms with Gasteiger partial charge in [-0.3, -0.25) is 14.5 Å². The highest BCUT2D eigenvalue weighted by Gasteiger charge is 2.25. The lowest BCUT2D eigenvalue weighted by molar-refractivity contribution is -0.126. The van der Waals surface area contributed by atoms with E-state index >= 15 is 0 Å². The topological polar surface area (TPSA) is 61.9 Å². The first-order valence-corrected chi connectivity index (χ1v) is 11.2. The number of anilines is 1. The van der Waals surface area contributed by atoms with E-state index in [1.165, 1.54) is 5.56 Å². The number of fused-ring (bicyclic) bond motifs is 1. The second kappa shape index (κ2) is 10.2. The van der Waals surface area contributed by atoms with Gasteiger partial charge in [0.05, 0.1) is 12.2 Å². The number of piperidine rings is 1. The number of hydrogen-bond donors (Lipinski definition) is 1. The summed E-state index contributed by atoms with van der Waals surface area (Å²) in [5.41, 5.74) is 2.03. The van der Waals surface area contributed by atoms with Gasteiger partial charge in [-0.15, -0.1) is 0 Å². The fraction of sp³-hybridized carbons (Fsp3) is 0.417. The molecule has 0 saturated carbocycles. The molecule has 0 spiro atoms. The fourth-order valence-corrected chi connectivity index (χ4v) is 4.29. The third-order valence-corrected chi connectivity index (χ3v) is 6.12. The predicted octanol–water partition coefficient (Wildman–Crippen LogP) is 3.63. The van der Waals surface area contributed by atoms with Gasteiger partial charge < -0.3 is 15.0 Å². The minimum Gasteiger partial charge on any atom is -0.490 e. The number of likely N-dealkylation sites (tertiary alicyclic amines) is 1. The van der Waals surface area contributed by atoms with Crippen molar-refractivity contribution in [3.63, 3.8) is 0 Å². The Balaban J connectivity index is 1.19. The minimum atomic E-state index is -0.0500. The molecule has 1 fully saturated rings. The first kappa shape index (κ1) is 21.7. The highest BCUT2D eigenvalue weighted by molar-refractivity contribution is 6.30. The van der Waals surface area contributed by atoms with Gasteiger partial charge in [-0.05, 0) is 42.7 Å². The Morgan fingerprint density at radius 3 is 2.52 bits per heavy atom. The number of halogens is 1. The van der Waals surface area contributed by atoms with E-state index in [9.17, 15) is 9.59 Å². The van der Waals surface area contributed by atoms with Crippen LogP contribution in [0.25, 0.3) is 0 Å². The van der Waals surface area contributed by atoms with Crippen LogP contribution in [0.4, 0.5) is 5.69 Å². The second-order valence-corrected chi connectivity index (χ2v) is 8.54. The van der Waals surface area contributed by atoms with Gasteiger partial charge in [0.25, 0.3) is 0 Å². The summed E-state index contributed by atoms with van der Waals surface area (Å²) < 4.78 is 5.60. The fourth-order valence-electron chi connectivity index (χ4n) is 4.17. The Labute approximate surface area is 188 Å². The molecule has 0 atom stereocenters. The molecule has 0 aromatic heterocycles. The number of para-hydroxylation sites is 2. The molecule has 2 aromatic rings. The Morgan fingerprint density at radius 1 is 1.00 bits per heavy atom. The second-order valence-electron chi connectivity index (χ2n) is 8.11. The average Bonchev–Trinajstić information content (AvgIpc) is 2.80. The Hall–Kier alpha value is -2.57. The van der Waals surface area contributed by atoms with Gasteiger partial charge in [-0.25, -0.2) is 0 Å². The summed E-state index contributed by atoms with van der Waals surface area (Å²) in [5, 5.41) is 3.86. The molecule has 2 aromatic carbocycles. The highest BCUT2D eigenvalue weighted by atomic mass is 35.5. The summed E-state index contributed by atoms with van der Waals surface area (Å²) >= 11 is 5.95. The summed E-state index contributed by atoms with van der Waals surface area (Å²) in [6.45, 7) is 3.77. The summed E-state index contributed by atoms with van der Waals surface area (Å²) in [5.74, 6) is 0.631. The lowest BCUT2D eigenvalue weighted by Crippen LogP contribution is -2.44. The van der Waals surface area contributed by atoms with E-state index in [2.05, 4.69) is 22.3 Å². The first-order chi connectivity index (χ1) is 15.1. The van der Waals surface area contributed by atoms with Crippen LogP contribution in [0.15, 0.2) is 48.5 Å². The van der Waals surface area contributed by atoms with E-state index in [1.807, 2.05) is 36.4 Å². The van der Waals surface area contributed by atoms with Crippen LogP contribution in [0.2, 0.25) is 5.02 Å². The Kier molecular flexibility index (Phi) is 7.10. The number of carbonyl (C=O) groups is 2. The molecule has 0 bridgehead atoms. The quantitative estimate of drug-likeness (QED) is 0.743. The number of nitrogens with zero attached hydrogens (tertiary/aromatic N) is 2. The lowest BCUT2D eigenvalue weighted by atomic mass is 10.0. The third-order valence-electron chi connectivity index (χ3n) is 5.87. The van der Waals surface area contributed by atoms with Crippen molar-refractivity contribution in [2.75, 3.05) is 31.1 Å². The zero-order valence-electron chi connectivity index (χ0n) is 17.6. The van der Waals surface area contributed by atoms with Gasteiger partial charge in [0.2, 0.25) is 11.8 Å². The van der Waals surface area contributed by atoms with Crippen molar-refractivity contribution in [3.05, 3.63) is 59.1 Å². The van der Waals surface area contributed by atoms with Crippen LogP contribution < -0.4 is 15.0 Å². The van der Waals surface area contributed by atoms with E-state index in [0.717, 1.165) is 48.9 Å². The highest BCUT2D eigenvalue weighted by Crippen LogP contribution is 2.31. The number of nitrogens with one attached hydrogen (secondary N) is 1. The van der Waals surface area contributed by atoms with E-state index in [1.54, 1.807) is 4.90 Å². The molecule has 2 amide bonds. The Morgan fingerprint density at radius 2 is 1.74 bits per heavy atom. The molecule has 0 aliphatic carbocycles. The SMILES string of the molecule is O=C(CCC(=O)N1CCOc2ccccc21)NC1CCN(Cc2ccc(Cl)cc2)CC1. The normalized spacial score (nSPS) is 17.0. The Bertz CT molecular complexity index is 911. The van der Waals surface area contributed by atoms with Crippen LogP contribution in [0.1, 0.15) is 31.2 Å². The molecular weight excluding hydrogens is 414 g/mol. The molecule has 0 unspecified atom stereocenters. The molecule has 2 aliphatic heterocycles. The van der Waals surface area contributed by atoms with Crippen LogP contribution >= 0.6 is 11.6 Å². The van der Waals surface area contributed by atoms with Crippen LogP contribution in [0.5, 0.6) is 5.75 Å². The molecule has 164 valence electrons. The number of amides is 2. The van der Waals surface area contributed by atoms with Gasteiger partial charge in [-0.2, -0.15) is 0 Å². The van der Waals surface area contributed by atoms with Gasteiger partial charge in [0.1, 0.15) is 12.4 Å². The van der Waals surface area contributed by atoms with Crippen LogP contribution in [0.3, 0.4) is 0 Å². The van der Waals surface area contributed by atoms with Crippen molar-refractivity contribution in [3.8, 4) is 5.75 Å². The number of benzene rings is 2. The van der Waals surface area contributed by atoms with E-state index < -0.39 is 0 Å². The standard InChI is InChI=1S/C24H28ClN3O3/c25-19-7-5-18(6-8-19)17-27-13-11-20(12-14-27)26-23(29)9-10-24(30)28-15-16-31-22-4-2-1-3-21(22)28/h1-8,20H,9-17H2,(H,26,29). The molecular formula is C24H28ClN3O3. The molecule has 1 N–H and O–H groups in total. The van der Waals surface area contributed by atoms with Crippen molar-refractivity contribution in [1.29, 1.82) is 0 Å². The molecule has 4 rings (SSSR count). The molecule has 0 radical (unpaired) electrons. The largest absolute Gasteiger partial charge is 0.490 e. The van der Waals surface area contributed by atoms with Crippen molar-refractivity contribution in [1.82, 2.24) is 10.2 Å². The summed E-state index contributed by atoms with van der Waals surface area (Å²) in [6, 6.07) is 15.6. The van der Waals surface area contributed by atoms with Crippen LogP contribution in [-0.4, -0.2) is 49.0 Å². The number of hydrogen-bond acceptors (Lipinski definition) is 4. The zero-order chi connectivity index (χ0) is 21.6. The zero-order valence-corrected chi connectivity index (χ0v) is 18.3. The van der Waals surface area contributed by atoms with E-state index in [4.69, 9.17) is 16.3 Å². The van der Waals surface area contributed by atoms with E-state index in [-0.39, 0.29) is 30.7 Å². The number of rotatable bonds is 6. The maximum Gasteiger partial charge on any atom is 0.227 e. The van der Waals surface area contributed by atoms with Gasteiger partial charge in [0.15, 0.2) is 0 Å². The van der Waals surface area contributed by atoms with Crippen molar-refractivity contribution >= 4 is 29.1 Å². The van der Waals surface area contributed by atoms with Crippen molar-refractivity contribution < 1.29 is 14.3 Å². The number of carbonyl (C=O) groups excluding carboxylic acids is 2. The van der Waals surface area contributed by atoms with Crippen LogP contribution in [-0.2, 0) is 16.1 Å². The predicted molar refractivity (Wildman–Crippen MR) is 121 cm³/mol. The van der Waals surface area contributed by atoms with Crippen molar-refractivity contribution in [2.24, 2.45) is 0 Å². The molecule has 7 heteroatoms. The lowest BCUT2D eigenvalue weighted by Gasteiger charge is -2.32. The molecule has 2 aliphatic rings. The molecule has 6 nitrogen and oxygen atoms in total. The van der Waals surface area contributed by atoms with Crippen LogP contribution in [0, 0.1) is 0 Å². The average molecular weight is 442 g/mol. The minimum absolute atomic E-state index is 0.0383. The molecule has 31 heavy (non-hydrogen) atoms. The first-order valence-electron chi connectivity index (χ1n) is 10.9. The monoisotopic (exact) mass is 441 g/mol.